The van der Waals surface area contributed by atoms with E-state index < -0.39 is 10.1 Å². The summed E-state index contributed by atoms with van der Waals surface area (Å²) in [7, 11) is -3.98. The van der Waals surface area contributed by atoms with Gasteiger partial charge in [-0.2, -0.15) is 8.42 Å². The van der Waals surface area contributed by atoms with Crippen molar-refractivity contribution in [2.45, 2.75) is 4.90 Å². The molecule has 0 saturated carbocycles. The minimum Gasteiger partial charge on any atom is -0.379 e. The van der Waals surface area contributed by atoms with Crippen molar-refractivity contribution in [1.29, 1.82) is 0 Å². The Bertz CT molecular complexity index is 722. The number of hydrogen-bond acceptors (Lipinski definition) is 4. The Morgan fingerprint density at radius 1 is 1.21 bits per heavy atom. The number of halogens is 3. The van der Waals surface area contributed by atoms with Crippen LogP contribution in [-0.2, 0) is 10.1 Å². The van der Waals surface area contributed by atoms with Gasteiger partial charge in [0.25, 0.3) is 0 Å². The zero-order valence-corrected chi connectivity index (χ0v) is 13.7. The van der Waals surface area contributed by atoms with Crippen molar-refractivity contribution < 1.29 is 12.6 Å². The second-order valence-corrected chi connectivity index (χ2v) is 7.00. The average molecular weight is 430 g/mol. The van der Waals surface area contributed by atoms with Crippen molar-refractivity contribution in [2.75, 3.05) is 0 Å². The van der Waals surface area contributed by atoms with Gasteiger partial charge in [-0.25, -0.2) is 4.98 Å². The lowest BCUT2D eigenvalue weighted by molar-refractivity contribution is 0.485. The van der Waals surface area contributed by atoms with Gasteiger partial charge in [0.15, 0.2) is 0 Å². The van der Waals surface area contributed by atoms with Gasteiger partial charge in [-0.1, -0.05) is 29.3 Å². The molecule has 19 heavy (non-hydrogen) atoms. The first-order valence-corrected chi connectivity index (χ1v) is 8.14. The first kappa shape index (κ1) is 14.8. The SMILES string of the molecule is O=S(=O)(Oc1cccc(I)c1)c1cnc(Cl)c(Cl)c1. The molecular weight excluding hydrogens is 424 g/mol. The van der Waals surface area contributed by atoms with Gasteiger partial charge in [-0.15, -0.1) is 0 Å². The monoisotopic (exact) mass is 429 g/mol. The van der Waals surface area contributed by atoms with Gasteiger partial charge >= 0.3 is 10.1 Å². The highest BCUT2D eigenvalue weighted by molar-refractivity contribution is 14.1. The molecule has 0 radical (unpaired) electrons. The van der Waals surface area contributed by atoms with Crippen LogP contribution < -0.4 is 4.18 Å². The fourth-order valence-electron chi connectivity index (χ4n) is 1.23. The van der Waals surface area contributed by atoms with E-state index in [2.05, 4.69) is 27.6 Å². The standard InChI is InChI=1S/C11H6Cl2INO3S/c12-10-5-9(6-15-11(10)13)19(16,17)18-8-3-1-2-7(14)4-8/h1-6H. The number of nitrogens with zero attached hydrogens (tertiary/aromatic N) is 1. The van der Waals surface area contributed by atoms with Crippen LogP contribution in [0.5, 0.6) is 5.75 Å². The summed E-state index contributed by atoms with van der Waals surface area (Å²) in [5.41, 5.74) is 0. The second kappa shape index (κ2) is 5.82. The normalized spacial score (nSPS) is 11.3. The van der Waals surface area contributed by atoms with E-state index in [-0.39, 0.29) is 20.8 Å². The molecule has 0 N–H and O–H groups in total. The number of hydrogen-bond donors (Lipinski definition) is 0. The fourth-order valence-corrected chi connectivity index (χ4v) is 2.98. The molecule has 100 valence electrons. The zero-order valence-electron chi connectivity index (χ0n) is 9.18. The van der Waals surface area contributed by atoms with Crippen molar-refractivity contribution in [1.82, 2.24) is 4.98 Å². The molecule has 0 fully saturated rings. The molecular formula is C11H6Cl2INO3S. The third-order valence-electron chi connectivity index (χ3n) is 2.06. The largest absolute Gasteiger partial charge is 0.379 e. The quantitative estimate of drug-likeness (QED) is 0.423. The molecule has 1 aromatic carbocycles. The lowest BCUT2D eigenvalue weighted by Crippen LogP contribution is -2.10. The van der Waals surface area contributed by atoms with E-state index >= 15 is 0 Å². The first-order valence-electron chi connectivity index (χ1n) is 4.89. The Balaban J connectivity index is 2.35. The molecule has 0 aliphatic rings. The molecule has 0 saturated heterocycles. The number of benzene rings is 1. The molecule has 0 atom stereocenters. The summed E-state index contributed by atoms with van der Waals surface area (Å²) in [5, 5.41) is 0.0869. The molecule has 2 aromatic rings. The maximum absolute atomic E-state index is 12.0. The van der Waals surface area contributed by atoms with Crippen molar-refractivity contribution in [3.05, 3.63) is 50.3 Å². The third-order valence-corrected chi connectivity index (χ3v) is 4.63. The highest BCUT2D eigenvalue weighted by Crippen LogP contribution is 2.25. The van der Waals surface area contributed by atoms with Crippen LogP contribution in [0.25, 0.3) is 0 Å². The van der Waals surface area contributed by atoms with E-state index in [1.165, 1.54) is 6.07 Å². The maximum Gasteiger partial charge on any atom is 0.340 e. The van der Waals surface area contributed by atoms with Crippen molar-refractivity contribution in [3.63, 3.8) is 0 Å². The van der Waals surface area contributed by atoms with Crippen molar-refractivity contribution in [2.24, 2.45) is 0 Å². The summed E-state index contributed by atoms with van der Waals surface area (Å²) in [5.74, 6) is 0.220. The fraction of sp³-hybridized carbons (Fsp3) is 0. The summed E-state index contributed by atoms with van der Waals surface area (Å²) in [6.45, 7) is 0. The van der Waals surface area contributed by atoms with Crippen molar-refractivity contribution >= 4 is 55.9 Å². The average Bonchev–Trinajstić information content (AvgIpc) is 2.32. The van der Waals surface area contributed by atoms with Crippen LogP contribution in [0.4, 0.5) is 0 Å². The Morgan fingerprint density at radius 2 is 1.95 bits per heavy atom. The summed E-state index contributed by atoms with van der Waals surface area (Å²) in [6.07, 6.45) is 1.09. The highest BCUT2D eigenvalue weighted by Gasteiger charge is 2.18. The van der Waals surface area contributed by atoms with E-state index in [9.17, 15) is 8.42 Å². The maximum atomic E-state index is 12.0. The minimum atomic E-state index is -3.98. The zero-order chi connectivity index (χ0) is 14.0. The molecule has 4 nitrogen and oxygen atoms in total. The Kier molecular flexibility index (Phi) is 4.54. The summed E-state index contributed by atoms with van der Waals surface area (Å²) < 4.78 is 29.9. The van der Waals surface area contributed by atoms with Crippen LogP contribution in [0.3, 0.4) is 0 Å². The molecule has 0 amide bonds. The number of pyridine rings is 1. The van der Waals surface area contributed by atoms with Crippen LogP contribution in [0.2, 0.25) is 10.2 Å². The summed E-state index contributed by atoms with van der Waals surface area (Å²) >= 11 is 13.4. The molecule has 1 heterocycles. The van der Waals surface area contributed by atoms with E-state index in [0.717, 1.165) is 9.77 Å². The van der Waals surface area contributed by atoms with Crippen LogP contribution in [0.1, 0.15) is 0 Å². The lowest BCUT2D eigenvalue weighted by Gasteiger charge is -2.07. The number of aromatic nitrogens is 1. The van der Waals surface area contributed by atoms with Gasteiger partial charge in [0.2, 0.25) is 0 Å². The molecule has 0 aliphatic carbocycles. The second-order valence-electron chi connectivity index (χ2n) is 3.44. The highest BCUT2D eigenvalue weighted by atomic mass is 127. The van der Waals surface area contributed by atoms with Gasteiger partial charge in [-0.05, 0) is 46.9 Å². The molecule has 0 bridgehead atoms. The van der Waals surface area contributed by atoms with Crippen LogP contribution >= 0.6 is 45.8 Å². The predicted octanol–water partition coefficient (Wildman–Crippen LogP) is 3.76. The molecule has 1 aromatic heterocycles. The number of rotatable bonds is 3. The van der Waals surface area contributed by atoms with Crippen molar-refractivity contribution in [3.8, 4) is 5.75 Å². The van der Waals surface area contributed by atoms with Crippen LogP contribution in [-0.4, -0.2) is 13.4 Å². The molecule has 0 spiro atoms. The molecule has 0 unspecified atom stereocenters. The van der Waals surface area contributed by atoms with E-state index in [1.807, 2.05) is 6.07 Å². The van der Waals surface area contributed by atoms with Gasteiger partial charge in [-0.3, -0.25) is 0 Å². The smallest absolute Gasteiger partial charge is 0.340 e. The predicted molar refractivity (Wildman–Crippen MR) is 81.2 cm³/mol. The van der Waals surface area contributed by atoms with Gasteiger partial charge in [0.1, 0.15) is 15.8 Å². The van der Waals surface area contributed by atoms with Crippen LogP contribution in [0, 0.1) is 3.57 Å². The topological polar surface area (TPSA) is 56.3 Å². The first-order chi connectivity index (χ1) is 8.88. The molecule has 2 rings (SSSR count). The Labute approximate surface area is 134 Å². The van der Waals surface area contributed by atoms with E-state index in [1.54, 1.807) is 18.2 Å². The van der Waals surface area contributed by atoms with Gasteiger partial charge in [0.05, 0.1) is 11.2 Å². The molecule has 0 aliphatic heterocycles. The van der Waals surface area contributed by atoms with E-state index in [0.29, 0.717) is 0 Å². The summed E-state index contributed by atoms with van der Waals surface area (Å²) in [4.78, 5) is 3.52. The van der Waals surface area contributed by atoms with Gasteiger partial charge in [0, 0.05) is 3.57 Å². The molecule has 8 heteroatoms. The Morgan fingerprint density at radius 3 is 2.58 bits per heavy atom. The lowest BCUT2D eigenvalue weighted by atomic mass is 10.3. The summed E-state index contributed by atoms with van der Waals surface area (Å²) in [6, 6.07) is 7.86. The van der Waals surface area contributed by atoms with Gasteiger partial charge < -0.3 is 4.18 Å². The third kappa shape index (κ3) is 3.71. The van der Waals surface area contributed by atoms with E-state index in [4.69, 9.17) is 27.4 Å². The Hall–Kier alpha value is -0.570. The van der Waals surface area contributed by atoms with Crippen LogP contribution in [0.15, 0.2) is 41.4 Å². The minimum absolute atomic E-state index is 0.0369.